The summed E-state index contributed by atoms with van der Waals surface area (Å²) in [4.78, 5) is 9.19. The summed E-state index contributed by atoms with van der Waals surface area (Å²) in [5, 5.41) is 3.39. The lowest BCUT2D eigenvalue weighted by atomic mass is 10.1. The van der Waals surface area contributed by atoms with Gasteiger partial charge in [0.25, 0.3) is 0 Å². The third-order valence-electron chi connectivity index (χ3n) is 5.32. The number of para-hydroxylation sites is 2. The van der Waals surface area contributed by atoms with E-state index in [9.17, 15) is 0 Å². The van der Waals surface area contributed by atoms with Gasteiger partial charge in [0, 0.05) is 23.6 Å². The number of hydrogen-bond donors (Lipinski definition) is 1. The Kier molecular flexibility index (Phi) is 5.14. The lowest BCUT2D eigenvalue weighted by Crippen LogP contribution is -1.99. The molecule has 3 aromatic carbocycles. The maximum atomic E-state index is 6.16. The molecule has 0 spiro atoms. The highest BCUT2D eigenvalue weighted by Gasteiger charge is 2.14. The fourth-order valence-electron chi connectivity index (χ4n) is 3.66. The molecule has 0 atom stereocenters. The van der Waals surface area contributed by atoms with Gasteiger partial charge < -0.3 is 10.1 Å². The van der Waals surface area contributed by atoms with Crippen molar-refractivity contribution >= 4 is 23.2 Å². The lowest BCUT2D eigenvalue weighted by molar-refractivity contribution is 0.484. The fraction of sp³-hybridized carbons (Fsp3) is 0.0370. The van der Waals surface area contributed by atoms with E-state index >= 15 is 0 Å². The highest BCUT2D eigenvalue weighted by atomic mass is 16.5. The molecule has 0 aliphatic carbocycles. The van der Waals surface area contributed by atoms with E-state index in [2.05, 4.69) is 40.9 Å². The number of fused-ring (bicyclic) bond motifs is 1. The Morgan fingerprint density at radius 2 is 1.78 bits per heavy atom. The standard InChI is InChI=1S/C27H22N4O/c1-3-20-17-21(14-13-19(20)2)30-26-27-29-18-24(31(27)16-15-28-26)23-11-7-8-12-25(23)32-22-9-5-4-6-10-22/h3-18H,1H2,2H3,(H,28,30). The summed E-state index contributed by atoms with van der Waals surface area (Å²) in [7, 11) is 0. The van der Waals surface area contributed by atoms with Crippen molar-refractivity contribution in [3.8, 4) is 22.8 Å². The van der Waals surface area contributed by atoms with Gasteiger partial charge in [-0.15, -0.1) is 0 Å². The molecule has 1 N–H and O–H groups in total. The van der Waals surface area contributed by atoms with Crippen LogP contribution in [0.4, 0.5) is 11.5 Å². The van der Waals surface area contributed by atoms with Crippen molar-refractivity contribution < 1.29 is 4.74 Å². The molecule has 0 aliphatic rings. The van der Waals surface area contributed by atoms with Gasteiger partial charge in [0.2, 0.25) is 0 Å². The van der Waals surface area contributed by atoms with Gasteiger partial charge in [-0.25, -0.2) is 9.97 Å². The minimum Gasteiger partial charge on any atom is -0.457 e. The van der Waals surface area contributed by atoms with Crippen LogP contribution < -0.4 is 10.1 Å². The van der Waals surface area contributed by atoms with Gasteiger partial charge in [0.1, 0.15) is 11.5 Å². The minimum atomic E-state index is 0.680. The summed E-state index contributed by atoms with van der Waals surface area (Å²) in [6.07, 6.45) is 7.38. The van der Waals surface area contributed by atoms with E-state index in [1.165, 1.54) is 5.56 Å². The largest absolute Gasteiger partial charge is 0.457 e. The molecule has 5 nitrogen and oxygen atoms in total. The van der Waals surface area contributed by atoms with E-state index in [0.29, 0.717) is 5.82 Å². The minimum absolute atomic E-state index is 0.680. The number of nitrogens with zero attached hydrogens (tertiary/aromatic N) is 3. The molecule has 2 aromatic heterocycles. The summed E-state index contributed by atoms with van der Waals surface area (Å²) in [5.74, 6) is 2.23. The molecule has 0 bridgehead atoms. The number of hydrogen-bond acceptors (Lipinski definition) is 4. The van der Waals surface area contributed by atoms with Crippen LogP contribution >= 0.6 is 0 Å². The maximum absolute atomic E-state index is 6.16. The van der Waals surface area contributed by atoms with E-state index in [1.54, 1.807) is 6.20 Å². The van der Waals surface area contributed by atoms with Crippen molar-refractivity contribution in [3.05, 3.63) is 109 Å². The Bertz CT molecular complexity index is 1410. The van der Waals surface area contributed by atoms with Gasteiger partial charge in [-0.3, -0.25) is 4.40 Å². The van der Waals surface area contributed by atoms with Crippen molar-refractivity contribution in [2.75, 3.05) is 5.32 Å². The van der Waals surface area contributed by atoms with E-state index in [0.717, 1.165) is 39.7 Å². The van der Waals surface area contributed by atoms with Crippen LogP contribution in [0.2, 0.25) is 0 Å². The fourth-order valence-corrected chi connectivity index (χ4v) is 3.66. The molecular weight excluding hydrogens is 396 g/mol. The molecule has 0 saturated heterocycles. The van der Waals surface area contributed by atoms with Crippen molar-refractivity contribution in [3.63, 3.8) is 0 Å². The summed E-state index contributed by atoms with van der Waals surface area (Å²) < 4.78 is 8.18. The molecule has 0 amide bonds. The molecule has 2 heterocycles. The Labute approximate surface area is 186 Å². The summed E-state index contributed by atoms with van der Waals surface area (Å²) >= 11 is 0. The topological polar surface area (TPSA) is 51.5 Å². The van der Waals surface area contributed by atoms with Crippen molar-refractivity contribution in [2.45, 2.75) is 6.92 Å². The highest BCUT2D eigenvalue weighted by Crippen LogP contribution is 2.34. The van der Waals surface area contributed by atoms with E-state index < -0.39 is 0 Å². The molecule has 0 aliphatic heterocycles. The number of ether oxygens (including phenoxy) is 1. The molecule has 5 rings (SSSR count). The average molecular weight is 419 g/mol. The summed E-state index contributed by atoms with van der Waals surface area (Å²) in [6, 6.07) is 23.9. The van der Waals surface area contributed by atoms with E-state index in [4.69, 9.17) is 4.74 Å². The monoisotopic (exact) mass is 418 g/mol. The van der Waals surface area contributed by atoms with Gasteiger partial charge in [-0.05, 0) is 54.4 Å². The van der Waals surface area contributed by atoms with Crippen LogP contribution in [0, 0.1) is 6.92 Å². The summed E-state index contributed by atoms with van der Waals surface area (Å²) in [6.45, 7) is 5.96. The quantitative estimate of drug-likeness (QED) is 0.326. The number of aromatic nitrogens is 3. The Hall–Kier alpha value is -4.38. The Morgan fingerprint density at radius 1 is 0.969 bits per heavy atom. The van der Waals surface area contributed by atoms with Gasteiger partial charge >= 0.3 is 0 Å². The van der Waals surface area contributed by atoms with Crippen LogP contribution in [0.5, 0.6) is 11.5 Å². The lowest BCUT2D eigenvalue weighted by Gasteiger charge is -2.12. The third-order valence-corrected chi connectivity index (χ3v) is 5.32. The normalized spacial score (nSPS) is 10.8. The first kappa shape index (κ1) is 19.6. The average Bonchev–Trinajstić information content (AvgIpc) is 3.26. The first-order chi connectivity index (χ1) is 15.7. The molecule has 156 valence electrons. The van der Waals surface area contributed by atoms with Crippen molar-refractivity contribution in [2.24, 2.45) is 0 Å². The highest BCUT2D eigenvalue weighted by molar-refractivity contribution is 5.77. The van der Waals surface area contributed by atoms with Gasteiger partial charge in [0.15, 0.2) is 11.5 Å². The molecule has 0 radical (unpaired) electrons. The number of rotatable bonds is 6. The third kappa shape index (κ3) is 3.72. The number of anilines is 2. The predicted octanol–water partition coefficient (Wildman–Crippen LogP) is 6.88. The second-order valence-electron chi connectivity index (χ2n) is 7.42. The van der Waals surface area contributed by atoms with E-state index in [1.807, 2.05) is 83.5 Å². The van der Waals surface area contributed by atoms with Crippen LogP contribution in [-0.4, -0.2) is 14.4 Å². The van der Waals surface area contributed by atoms with Crippen molar-refractivity contribution in [1.29, 1.82) is 0 Å². The van der Waals surface area contributed by atoms with Gasteiger partial charge in [0.05, 0.1) is 11.9 Å². The zero-order valence-corrected chi connectivity index (χ0v) is 17.7. The second kappa shape index (κ2) is 8.40. The molecular formula is C27H22N4O. The van der Waals surface area contributed by atoms with Crippen LogP contribution in [-0.2, 0) is 0 Å². The number of nitrogens with one attached hydrogen (secondary N) is 1. The first-order valence-electron chi connectivity index (χ1n) is 10.4. The smallest absolute Gasteiger partial charge is 0.180 e. The number of aryl methyl sites for hydroxylation is 1. The predicted molar refractivity (Wildman–Crippen MR) is 129 cm³/mol. The molecule has 0 fully saturated rings. The Morgan fingerprint density at radius 3 is 2.62 bits per heavy atom. The number of benzene rings is 3. The zero-order valence-electron chi connectivity index (χ0n) is 17.7. The maximum Gasteiger partial charge on any atom is 0.180 e. The number of imidazole rings is 1. The Balaban J connectivity index is 1.54. The van der Waals surface area contributed by atoms with Crippen LogP contribution in [0.1, 0.15) is 11.1 Å². The molecule has 5 aromatic rings. The summed E-state index contributed by atoms with van der Waals surface area (Å²) in [5.41, 5.74) is 5.80. The van der Waals surface area contributed by atoms with Gasteiger partial charge in [-0.1, -0.05) is 49.1 Å². The molecule has 0 saturated carbocycles. The second-order valence-corrected chi connectivity index (χ2v) is 7.42. The van der Waals surface area contributed by atoms with Gasteiger partial charge in [-0.2, -0.15) is 0 Å². The SMILES string of the molecule is C=Cc1cc(Nc2nccn3c(-c4ccccc4Oc4ccccc4)cnc23)ccc1C. The van der Waals surface area contributed by atoms with Crippen molar-refractivity contribution in [1.82, 2.24) is 14.4 Å². The first-order valence-corrected chi connectivity index (χ1v) is 10.4. The zero-order chi connectivity index (χ0) is 21.9. The van der Waals surface area contributed by atoms with Crippen LogP contribution in [0.25, 0.3) is 23.0 Å². The molecule has 5 heteroatoms. The van der Waals surface area contributed by atoms with Crippen LogP contribution in [0.3, 0.4) is 0 Å². The molecule has 0 unspecified atom stereocenters. The molecule has 32 heavy (non-hydrogen) atoms. The van der Waals surface area contributed by atoms with E-state index in [-0.39, 0.29) is 0 Å². The van der Waals surface area contributed by atoms with Crippen LogP contribution in [0.15, 0.2) is 98.0 Å².